The Kier molecular flexibility index (Phi) is 9.29. The molecule has 21 heavy (non-hydrogen) atoms. The molecule has 0 heterocycles. The highest BCUT2D eigenvalue weighted by Crippen LogP contribution is 1.97. The molecular weight excluding hydrogens is 260 g/mol. The van der Waals surface area contributed by atoms with E-state index in [0.29, 0.717) is 0 Å². The first-order chi connectivity index (χ1) is 10.3. The molecule has 4 nitrogen and oxygen atoms in total. The maximum atomic E-state index is 4.25. The summed E-state index contributed by atoms with van der Waals surface area (Å²) in [5.74, 6) is 0.877. The van der Waals surface area contributed by atoms with Crippen molar-refractivity contribution in [2.24, 2.45) is 4.99 Å². The van der Waals surface area contributed by atoms with Crippen molar-refractivity contribution < 1.29 is 0 Å². The van der Waals surface area contributed by atoms with Crippen LogP contribution in [0.3, 0.4) is 0 Å². The summed E-state index contributed by atoms with van der Waals surface area (Å²) in [6.45, 7) is 9.68. The Morgan fingerprint density at radius 1 is 1.05 bits per heavy atom. The van der Waals surface area contributed by atoms with Crippen molar-refractivity contribution in [1.29, 1.82) is 0 Å². The lowest BCUT2D eigenvalue weighted by Crippen LogP contribution is -2.37. The number of benzene rings is 1. The minimum absolute atomic E-state index is 0.806. The van der Waals surface area contributed by atoms with Crippen LogP contribution in [-0.2, 0) is 6.54 Å². The Morgan fingerprint density at radius 3 is 2.38 bits per heavy atom. The number of nitrogens with zero attached hydrogens (tertiary/aromatic N) is 2. The summed E-state index contributed by atoms with van der Waals surface area (Å²) in [4.78, 5) is 6.71. The van der Waals surface area contributed by atoms with Gasteiger partial charge in [-0.1, -0.05) is 44.2 Å². The fourth-order valence-corrected chi connectivity index (χ4v) is 2.21. The fraction of sp³-hybridized carbons (Fsp3) is 0.588. The number of rotatable bonds is 9. The molecule has 0 radical (unpaired) electrons. The van der Waals surface area contributed by atoms with Crippen molar-refractivity contribution in [2.75, 3.05) is 33.2 Å². The molecule has 0 atom stereocenters. The zero-order valence-electron chi connectivity index (χ0n) is 13.7. The molecule has 118 valence electrons. The van der Waals surface area contributed by atoms with E-state index in [-0.39, 0.29) is 0 Å². The lowest BCUT2D eigenvalue weighted by atomic mass is 10.2. The molecule has 1 aromatic rings. The molecule has 0 fully saturated rings. The highest BCUT2D eigenvalue weighted by atomic mass is 15.2. The Balaban J connectivity index is 2.14. The maximum Gasteiger partial charge on any atom is 0.191 e. The van der Waals surface area contributed by atoms with Gasteiger partial charge in [0.25, 0.3) is 0 Å². The van der Waals surface area contributed by atoms with E-state index in [2.05, 4.69) is 58.6 Å². The number of unbranched alkanes of at least 4 members (excludes halogenated alkanes) is 1. The number of hydrogen-bond acceptors (Lipinski definition) is 2. The molecule has 4 heteroatoms. The van der Waals surface area contributed by atoms with Crippen molar-refractivity contribution in [3.63, 3.8) is 0 Å². The second-order valence-electron chi connectivity index (χ2n) is 5.07. The van der Waals surface area contributed by atoms with Crippen molar-refractivity contribution in [2.45, 2.75) is 33.2 Å². The monoisotopic (exact) mass is 290 g/mol. The minimum atomic E-state index is 0.806. The molecule has 0 spiro atoms. The van der Waals surface area contributed by atoms with Gasteiger partial charge >= 0.3 is 0 Å². The van der Waals surface area contributed by atoms with Gasteiger partial charge in [-0.25, -0.2) is 0 Å². The van der Waals surface area contributed by atoms with Crippen LogP contribution in [-0.4, -0.2) is 44.1 Å². The van der Waals surface area contributed by atoms with E-state index in [4.69, 9.17) is 0 Å². The standard InChI is InChI=1S/C17H30N4/c1-4-21(5-2)14-10-9-13-19-17(18-3)20-15-16-11-7-6-8-12-16/h6-8,11-12H,4-5,9-10,13-15H2,1-3H3,(H2,18,19,20). The summed E-state index contributed by atoms with van der Waals surface area (Å²) in [7, 11) is 1.82. The van der Waals surface area contributed by atoms with E-state index >= 15 is 0 Å². The maximum absolute atomic E-state index is 4.25. The molecule has 1 aromatic carbocycles. The van der Waals surface area contributed by atoms with E-state index in [1.165, 1.54) is 24.9 Å². The molecule has 0 unspecified atom stereocenters. The molecule has 0 aliphatic rings. The van der Waals surface area contributed by atoms with Crippen LogP contribution < -0.4 is 10.6 Å². The lowest BCUT2D eigenvalue weighted by molar-refractivity contribution is 0.297. The molecule has 0 amide bonds. The van der Waals surface area contributed by atoms with E-state index in [9.17, 15) is 0 Å². The van der Waals surface area contributed by atoms with Crippen LogP contribution in [0.4, 0.5) is 0 Å². The van der Waals surface area contributed by atoms with Crippen molar-refractivity contribution in [3.8, 4) is 0 Å². The van der Waals surface area contributed by atoms with Gasteiger partial charge in [0.05, 0.1) is 0 Å². The number of hydrogen-bond donors (Lipinski definition) is 2. The zero-order chi connectivity index (χ0) is 15.3. The van der Waals surface area contributed by atoms with Crippen LogP contribution in [0.2, 0.25) is 0 Å². The summed E-state index contributed by atoms with van der Waals surface area (Å²) >= 11 is 0. The molecule has 0 saturated heterocycles. The molecule has 0 bridgehead atoms. The van der Waals surface area contributed by atoms with Crippen molar-refractivity contribution >= 4 is 5.96 Å². The molecule has 0 aliphatic carbocycles. The summed E-state index contributed by atoms with van der Waals surface area (Å²) in [6.07, 6.45) is 2.40. The zero-order valence-corrected chi connectivity index (χ0v) is 13.7. The average molecular weight is 290 g/mol. The number of aliphatic imine (C=N–C) groups is 1. The number of nitrogens with one attached hydrogen (secondary N) is 2. The first kappa shape index (κ1) is 17.5. The van der Waals surface area contributed by atoms with Gasteiger partial charge in [-0.15, -0.1) is 0 Å². The lowest BCUT2D eigenvalue weighted by Gasteiger charge is -2.18. The third kappa shape index (κ3) is 7.71. The van der Waals surface area contributed by atoms with Crippen LogP contribution in [0, 0.1) is 0 Å². The largest absolute Gasteiger partial charge is 0.356 e. The molecule has 0 aromatic heterocycles. The minimum Gasteiger partial charge on any atom is -0.356 e. The normalized spacial score (nSPS) is 11.7. The second kappa shape index (κ2) is 11.1. The van der Waals surface area contributed by atoms with Gasteiger partial charge in [-0.2, -0.15) is 0 Å². The topological polar surface area (TPSA) is 39.7 Å². The van der Waals surface area contributed by atoms with E-state index in [0.717, 1.165) is 32.1 Å². The van der Waals surface area contributed by atoms with E-state index in [1.54, 1.807) is 0 Å². The molecule has 0 saturated carbocycles. The molecular formula is C17H30N4. The SMILES string of the molecule is CCN(CC)CCCCNC(=NC)NCc1ccccc1. The highest BCUT2D eigenvalue weighted by Gasteiger charge is 2.00. The predicted octanol–water partition coefficient (Wildman–Crippen LogP) is 2.47. The van der Waals surface area contributed by atoms with Crippen molar-refractivity contribution in [3.05, 3.63) is 35.9 Å². The number of guanidine groups is 1. The van der Waals surface area contributed by atoms with Gasteiger partial charge in [0.15, 0.2) is 5.96 Å². The first-order valence-corrected chi connectivity index (χ1v) is 8.01. The summed E-state index contributed by atoms with van der Waals surface area (Å²) in [5.41, 5.74) is 1.27. The summed E-state index contributed by atoms with van der Waals surface area (Å²) in [5, 5.41) is 6.71. The van der Waals surface area contributed by atoms with Crippen molar-refractivity contribution in [1.82, 2.24) is 15.5 Å². The van der Waals surface area contributed by atoms with Gasteiger partial charge < -0.3 is 15.5 Å². The molecule has 2 N–H and O–H groups in total. The molecule has 0 aliphatic heterocycles. The fourth-order valence-electron chi connectivity index (χ4n) is 2.21. The van der Waals surface area contributed by atoms with Gasteiger partial charge in [0.1, 0.15) is 0 Å². The van der Waals surface area contributed by atoms with Crippen LogP contribution in [0.15, 0.2) is 35.3 Å². The van der Waals surface area contributed by atoms with Gasteiger partial charge in [-0.05, 0) is 38.0 Å². The second-order valence-corrected chi connectivity index (χ2v) is 5.07. The van der Waals surface area contributed by atoms with E-state index < -0.39 is 0 Å². The Hall–Kier alpha value is -1.55. The third-order valence-corrected chi connectivity index (χ3v) is 3.61. The van der Waals surface area contributed by atoms with Gasteiger partial charge in [0.2, 0.25) is 0 Å². The smallest absolute Gasteiger partial charge is 0.191 e. The predicted molar refractivity (Wildman–Crippen MR) is 91.7 cm³/mol. The van der Waals surface area contributed by atoms with Crippen LogP contribution in [0.5, 0.6) is 0 Å². The first-order valence-electron chi connectivity index (χ1n) is 8.01. The quantitative estimate of drug-likeness (QED) is 0.417. The average Bonchev–Trinajstić information content (AvgIpc) is 2.54. The van der Waals surface area contributed by atoms with Gasteiger partial charge in [0, 0.05) is 20.1 Å². The Labute approximate surface area is 129 Å². The summed E-state index contributed by atoms with van der Waals surface area (Å²) in [6, 6.07) is 10.4. The highest BCUT2D eigenvalue weighted by molar-refractivity contribution is 5.79. The van der Waals surface area contributed by atoms with E-state index in [1.807, 2.05) is 13.1 Å². The summed E-state index contributed by atoms with van der Waals surface area (Å²) < 4.78 is 0. The molecule has 1 rings (SSSR count). The Morgan fingerprint density at radius 2 is 1.76 bits per heavy atom. The van der Waals surface area contributed by atoms with Crippen LogP contribution >= 0.6 is 0 Å². The third-order valence-electron chi connectivity index (χ3n) is 3.61. The van der Waals surface area contributed by atoms with Gasteiger partial charge in [-0.3, -0.25) is 4.99 Å². The Bertz CT molecular complexity index is 385. The van der Waals surface area contributed by atoms with Crippen LogP contribution in [0.25, 0.3) is 0 Å². The van der Waals surface area contributed by atoms with Crippen LogP contribution in [0.1, 0.15) is 32.3 Å².